The number of hydrogen-bond donors (Lipinski definition) is 0. The number of ether oxygens (including phenoxy) is 3. The lowest BCUT2D eigenvalue weighted by atomic mass is 10.1. The Bertz CT molecular complexity index is 1640. The second-order valence-corrected chi connectivity index (χ2v) is 17.9. The van der Waals surface area contributed by atoms with Crippen molar-refractivity contribution in [2.24, 2.45) is 0 Å². The highest BCUT2D eigenvalue weighted by atomic mass is 16.6. The summed E-state index contributed by atoms with van der Waals surface area (Å²) in [6.07, 6.45) is 83.8. The van der Waals surface area contributed by atoms with Crippen molar-refractivity contribution in [1.82, 2.24) is 0 Å². The summed E-state index contributed by atoms with van der Waals surface area (Å²) in [5.41, 5.74) is 0. The molecule has 6 nitrogen and oxygen atoms in total. The molecule has 1 unspecified atom stereocenters. The maximum Gasteiger partial charge on any atom is 0.306 e. The predicted molar refractivity (Wildman–Crippen MR) is 306 cm³/mol. The van der Waals surface area contributed by atoms with Crippen LogP contribution in [0.4, 0.5) is 0 Å². The van der Waals surface area contributed by atoms with Crippen LogP contribution in [-0.2, 0) is 28.6 Å². The van der Waals surface area contributed by atoms with E-state index in [0.717, 1.165) is 83.5 Å². The highest BCUT2D eigenvalue weighted by Crippen LogP contribution is 2.13. The Morgan fingerprint density at radius 1 is 0.310 bits per heavy atom. The van der Waals surface area contributed by atoms with Crippen LogP contribution in [0.3, 0.4) is 0 Å². The smallest absolute Gasteiger partial charge is 0.306 e. The third-order valence-electron chi connectivity index (χ3n) is 11.2. The van der Waals surface area contributed by atoms with Gasteiger partial charge in [-0.3, -0.25) is 14.4 Å². The quantitative estimate of drug-likeness (QED) is 0.0199. The fourth-order valence-corrected chi connectivity index (χ4v) is 7.02. The first-order valence-electron chi connectivity index (χ1n) is 28.1. The Morgan fingerprint density at radius 3 is 1.13 bits per heavy atom. The fourth-order valence-electron chi connectivity index (χ4n) is 7.02. The van der Waals surface area contributed by atoms with Gasteiger partial charge in [0.25, 0.3) is 0 Å². The number of allylic oxidation sites excluding steroid dienone is 26. The van der Waals surface area contributed by atoms with Gasteiger partial charge in [0.15, 0.2) is 6.10 Å². The van der Waals surface area contributed by atoms with Crippen molar-refractivity contribution in [2.45, 2.75) is 219 Å². The van der Waals surface area contributed by atoms with Crippen LogP contribution in [0.1, 0.15) is 213 Å². The molecule has 0 heterocycles. The van der Waals surface area contributed by atoms with E-state index in [9.17, 15) is 14.4 Å². The maximum absolute atomic E-state index is 12.8. The fraction of sp³-hybridized carbons (Fsp3) is 0.554. The van der Waals surface area contributed by atoms with Crippen LogP contribution in [0.25, 0.3) is 0 Å². The first kappa shape index (κ1) is 66.0. The highest BCUT2D eigenvalue weighted by molar-refractivity contribution is 5.71. The molecule has 0 aromatic rings. The van der Waals surface area contributed by atoms with Gasteiger partial charge in [0.1, 0.15) is 13.2 Å². The van der Waals surface area contributed by atoms with Crippen molar-refractivity contribution < 1.29 is 28.6 Å². The molecule has 0 fully saturated rings. The first-order chi connectivity index (χ1) is 35.0. The van der Waals surface area contributed by atoms with E-state index < -0.39 is 6.10 Å². The minimum Gasteiger partial charge on any atom is -0.462 e. The Hall–Kier alpha value is -4.97. The molecule has 0 rings (SSSR count). The molecule has 0 radical (unpaired) electrons. The van der Waals surface area contributed by atoms with Crippen LogP contribution in [0.15, 0.2) is 158 Å². The van der Waals surface area contributed by atoms with Gasteiger partial charge in [-0.05, 0) is 103 Å². The van der Waals surface area contributed by atoms with Crippen molar-refractivity contribution >= 4 is 17.9 Å². The number of rotatable bonds is 48. The molecule has 0 spiro atoms. The highest BCUT2D eigenvalue weighted by Gasteiger charge is 2.19. The molecule has 1 atom stereocenters. The van der Waals surface area contributed by atoms with E-state index in [4.69, 9.17) is 14.2 Å². The van der Waals surface area contributed by atoms with Crippen LogP contribution < -0.4 is 0 Å². The van der Waals surface area contributed by atoms with Crippen LogP contribution in [-0.4, -0.2) is 37.2 Å². The van der Waals surface area contributed by atoms with Gasteiger partial charge in [-0.15, -0.1) is 0 Å². The van der Waals surface area contributed by atoms with Gasteiger partial charge in [0.2, 0.25) is 0 Å². The van der Waals surface area contributed by atoms with Crippen molar-refractivity contribution in [1.29, 1.82) is 0 Å². The molecule has 0 bridgehead atoms. The molecule has 0 aromatic heterocycles. The Kier molecular flexibility index (Phi) is 53.6. The average molecular weight is 978 g/mol. The second-order valence-electron chi connectivity index (χ2n) is 17.9. The van der Waals surface area contributed by atoms with Crippen LogP contribution in [0, 0.1) is 0 Å². The summed E-state index contributed by atoms with van der Waals surface area (Å²) in [6.45, 7) is 6.25. The van der Waals surface area contributed by atoms with Crippen molar-refractivity contribution in [3.63, 3.8) is 0 Å². The molecule has 396 valence electrons. The molecule has 0 aliphatic heterocycles. The molecular weight excluding hydrogens is 877 g/mol. The average Bonchev–Trinajstić information content (AvgIpc) is 3.37. The molecule has 0 aliphatic carbocycles. The van der Waals surface area contributed by atoms with Crippen molar-refractivity contribution in [2.75, 3.05) is 13.2 Å². The van der Waals surface area contributed by atoms with E-state index in [1.165, 1.54) is 77.0 Å². The molecule has 0 aliphatic rings. The van der Waals surface area contributed by atoms with E-state index in [0.29, 0.717) is 19.3 Å². The van der Waals surface area contributed by atoms with E-state index in [-0.39, 0.29) is 44.0 Å². The van der Waals surface area contributed by atoms with Gasteiger partial charge >= 0.3 is 17.9 Å². The van der Waals surface area contributed by atoms with Crippen molar-refractivity contribution in [3.8, 4) is 0 Å². The maximum atomic E-state index is 12.8. The topological polar surface area (TPSA) is 78.9 Å². The summed E-state index contributed by atoms with van der Waals surface area (Å²) >= 11 is 0. The zero-order valence-electron chi connectivity index (χ0n) is 45.2. The van der Waals surface area contributed by atoms with Crippen LogP contribution in [0.5, 0.6) is 0 Å². The number of hydrogen-bond acceptors (Lipinski definition) is 6. The second kappa shape index (κ2) is 57.6. The van der Waals surface area contributed by atoms with Gasteiger partial charge in [0.05, 0.1) is 0 Å². The molecule has 6 heteroatoms. The summed E-state index contributed by atoms with van der Waals surface area (Å²) in [7, 11) is 0. The van der Waals surface area contributed by atoms with Gasteiger partial charge < -0.3 is 14.2 Å². The monoisotopic (exact) mass is 977 g/mol. The number of unbranched alkanes of at least 4 members (excludes halogenated alkanes) is 16. The molecule has 0 saturated heterocycles. The lowest BCUT2D eigenvalue weighted by Gasteiger charge is -2.18. The summed E-state index contributed by atoms with van der Waals surface area (Å²) in [5, 5.41) is 0. The Balaban J connectivity index is 4.63. The molecular formula is C65H100O6. The molecule has 0 aromatic carbocycles. The Labute approximate surface area is 435 Å². The summed E-state index contributed by atoms with van der Waals surface area (Å²) in [6, 6.07) is 0. The first-order valence-corrected chi connectivity index (χ1v) is 28.1. The summed E-state index contributed by atoms with van der Waals surface area (Å²) in [4.78, 5) is 38.1. The molecule has 0 amide bonds. The zero-order valence-corrected chi connectivity index (χ0v) is 45.2. The number of carbonyl (C=O) groups is 3. The van der Waals surface area contributed by atoms with Crippen LogP contribution in [0.2, 0.25) is 0 Å². The molecule has 0 N–H and O–H groups in total. The van der Waals surface area contributed by atoms with Gasteiger partial charge in [0, 0.05) is 19.3 Å². The Morgan fingerprint density at radius 2 is 0.648 bits per heavy atom. The van der Waals surface area contributed by atoms with Crippen LogP contribution >= 0.6 is 0 Å². The molecule has 71 heavy (non-hydrogen) atoms. The van der Waals surface area contributed by atoms with Gasteiger partial charge in [-0.25, -0.2) is 0 Å². The summed E-state index contributed by atoms with van der Waals surface area (Å²) in [5.74, 6) is -1.07. The number of carbonyl (C=O) groups excluding carboxylic acids is 3. The lowest BCUT2D eigenvalue weighted by molar-refractivity contribution is -0.166. The van der Waals surface area contributed by atoms with E-state index in [1.54, 1.807) is 0 Å². The molecule has 0 saturated carbocycles. The normalized spacial score (nSPS) is 13.3. The minimum absolute atomic E-state index is 0.129. The van der Waals surface area contributed by atoms with Crippen molar-refractivity contribution in [3.05, 3.63) is 158 Å². The SMILES string of the molecule is CC\C=C/C=C\C=C/C=C\C=C\C=C/CCCCCC(=O)OC(COC(=O)CC/C=C\C/C=C\C/C=C\C/C=C\C/C=C\C/C=C\CC)COC(=O)CCCCCCCCC/C=C\CCCCCCCC. The van der Waals surface area contributed by atoms with E-state index >= 15 is 0 Å². The van der Waals surface area contributed by atoms with E-state index in [2.05, 4.69) is 106 Å². The number of esters is 3. The third kappa shape index (κ3) is 55.8. The van der Waals surface area contributed by atoms with Gasteiger partial charge in [-0.1, -0.05) is 249 Å². The standard InChI is InChI=1S/C65H100O6/c1-4-7-10-13-16-19-22-25-28-31-32-35-37-40-43-46-49-52-55-58-64(67)70-61-62(71-65(68)59-56-53-50-47-44-41-38-34-30-27-24-21-18-15-12-9-6-3)60-69-63(66)57-54-51-48-45-42-39-36-33-29-26-23-20-17-14-11-8-5-2/h7,9-10,12,15-16,18-19,21,24-30,32,34-35,38,40-41,43-44,49,52,62H,4-6,8,11,13-14,17,20,22-23,31,33,36-37,39,42,45-48,50-51,53-61H2,1-3H3/b10-7-,12-9-,18-15-,19-16-,24-21-,28-25-,29-26-,30-27-,35-32-,38-34+,43-40-,44-41-,52-49-. The minimum atomic E-state index is -0.842. The largest absolute Gasteiger partial charge is 0.462 e. The third-order valence-corrected chi connectivity index (χ3v) is 11.2. The summed E-state index contributed by atoms with van der Waals surface area (Å²) < 4.78 is 16.7. The van der Waals surface area contributed by atoms with Gasteiger partial charge in [-0.2, -0.15) is 0 Å². The van der Waals surface area contributed by atoms with E-state index in [1.807, 2.05) is 72.9 Å². The predicted octanol–water partition coefficient (Wildman–Crippen LogP) is 19.0. The zero-order chi connectivity index (χ0) is 51.4. The lowest BCUT2D eigenvalue weighted by Crippen LogP contribution is -2.30.